The number of amides is 1. The highest BCUT2D eigenvalue weighted by Gasteiger charge is 2.21. The molecule has 34 heavy (non-hydrogen) atoms. The number of nitrogens with zero attached hydrogens (tertiary/aromatic N) is 1. The number of methoxy groups -OCH3 is 1. The standard InChI is InChI=1S/C25H26N2O6S/c1-18-9-10-20(25(29)32-3)15-23(18)33-17-24(28)26-21-11-13-22(14-12-21)34(30,31)27(2)16-19-7-5-4-6-8-19/h4-15H,16-17H2,1-3H3,(H,26,28). The van der Waals surface area contributed by atoms with Crippen LogP contribution < -0.4 is 10.1 Å². The van der Waals surface area contributed by atoms with E-state index in [0.717, 1.165) is 11.1 Å². The molecule has 0 aromatic heterocycles. The Bertz CT molecular complexity index is 1260. The van der Waals surface area contributed by atoms with Crippen molar-refractivity contribution in [1.29, 1.82) is 0 Å². The molecule has 0 heterocycles. The minimum absolute atomic E-state index is 0.121. The van der Waals surface area contributed by atoms with Gasteiger partial charge in [-0.15, -0.1) is 0 Å². The molecule has 0 saturated heterocycles. The summed E-state index contributed by atoms with van der Waals surface area (Å²) in [6.45, 7) is 1.75. The summed E-state index contributed by atoms with van der Waals surface area (Å²) in [6, 6.07) is 20.1. The van der Waals surface area contributed by atoms with Gasteiger partial charge in [-0.05, 0) is 54.4 Å². The van der Waals surface area contributed by atoms with Crippen LogP contribution in [0.5, 0.6) is 5.75 Å². The van der Waals surface area contributed by atoms with Gasteiger partial charge in [0.25, 0.3) is 5.91 Å². The van der Waals surface area contributed by atoms with Crippen molar-refractivity contribution in [1.82, 2.24) is 4.31 Å². The first kappa shape index (κ1) is 24.9. The summed E-state index contributed by atoms with van der Waals surface area (Å²) in [5.74, 6) is -0.542. The molecule has 0 bridgehead atoms. The zero-order valence-electron chi connectivity index (χ0n) is 19.1. The smallest absolute Gasteiger partial charge is 0.337 e. The lowest BCUT2D eigenvalue weighted by Crippen LogP contribution is -2.26. The van der Waals surface area contributed by atoms with Crippen molar-refractivity contribution in [2.24, 2.45) is 0 Å². The Hall–Kier alpha value is -3.69. The third kappa shape index (κ3) is 6.21. The molecule has 0 aliphatic rings. The third-order valence-corrected chi connectivity index (χ3v) is 6.88. The number of aryl methyl sites for hydroxylation is 1. The van der Waals surface area contributed by atoms with E-state index in [9.17, 15) is 18.0 Å². The highest BCUT2D eigenvalue weighted by atomic mass is 32.2. The molecule has 0 saturated carbocycles. The molecule has 9 heteroatoms. The predicted octanol–water partition coefficient (Wildman–Crippen LogP) is 3.62. The summed E-state index contributed by atoms with van der Waals surface area (Å²) in [7, 11) is -0.883. The zero-order valence-corrected chi connectivity index (χ0v) is 20.0. The van der Waals surface area contributed by atoms with Crippen molar-refractivity contribution >= 4 is 27.6 Å². The van der Waals surface area contributed by atoms with Gasteiger partial charge in [0.2, 0.25) is 10.0 Å². The van der Waals surface area contributed by atoms with Crippen LogP contribution in [0.15, 0.2) is 77.7 Å². The molecular weight excluding hydrogens is 456 g/mol. The molecule has 8 nitrogen and oxygen atoms in total. The maximum atomic E-state index is 12.8. The van der Waals surface area contributed by atoms with Gasteiger partial charge in [-0.2, -0.15) is 4.31 Å². The van der Waals surface area contributed by atoms with Crippen molar-refractivity contribution in [2.75, 3.05) is 26.1 Å². The van der Waals surface area contributed by atoms with Crippen molar-refractivity contribution < 1.29 is 27.5 Å². The first-order valence-corrected chi connectivity index (χ1v) is 11.9. The molecule has 0 aliphatic heterocycles. The summed E-state index contributed by atoms with van der Waals surface area (Å²) in [4.78, 5) is 24.1. The van der Waals surface area contributed by atoms with Gasteiger partial charge in [0.1, 0.15) is 5.75 Å². The lowest BCUT2D eigenvalue weighted by molar-refractivity contribution is -0.118. The van der Waals surface area contributed by atoms with E-state index in [0.29, 0.717) is 17.0 Å². The van der Waals surface area contributed by atoms with E-state index < -0.39 is 21.9 Å². The number of sulfonamides is 1. The summed E-state index contributed by atoms with van der Waals surface area (Å²) in [6.07, 6.45) is 0. The van der Waals surface area contributed by atoms with Crippen LogP contribution in [-0.2, 0) is 26.1 Å². The highest BCUT2D eigenvalue weighted by Crippen LogP contribution is 2.21. The second kappa shape index (κ2) is 11.0. The maximum absolute atomic E-state index is 12.8. The Balaban J connectivity index is 1.60. The molecular formula is C25H26N2O6S. The molecule has 0 atom stereocenters. The summed E-state index contributed by atoms with van der Waals surface area (Å²) < 4.78 is 37.2. The average molecular weight is 483 g/mol. The Morgan fingerprint density at radius 1 is 0.971 bits per heavy atom. The second-order valence-corrected chi connectivity index (χ2v) is 9.62. The Morgan fingerprint density at radius 3 is 2.29 bits per heavy atom. The minimum atomic E-state index is -3.69. The van der Waals surface area contributed by atoms with Gasteiger partial charge in [0, 0.05) is 19.3 Å². The fraction of sp³-hybridized carbons (Fsp3) is 0.200. The summed E-state index contributed by atoms with van der Waals surface area (Å²) >= 11 is 0. The van der Waals surface area contributed by atoms with Crippen LogP contribution in [0.1, 0.15) is 21.5 Å². The Labute approximate surface area is 199 Å². The summed E-state index contributed by atoms with van der Waals surface area (Å²) in [5.41, 5.74) is 2.38. The average Bonchev–Trinajstić information content (AvgIpc) is 2.84. The zero-order chi connectivity index (χ0) is 24.7. The number of carbonyl (C=O) groups is 2. The van der Waals surface area contributed by atoms with Crippen molar-refractivity contribution in [2.45, 2.75) is 18.4 Å². The maximum Gasteiger partial charge on any atom is 0.337 e. The molecule has 0 fully saturated rings. The number of hydrogen-bond acceptors (Lipinski definition) is 6. The molecule has 1 N–H and O–H groups in total. The van der Waals surface area contributed by atoms with Crippen LogP contribution in [0.2, 0.25) is 0 Å². The number of hydrogen-bond donors (Lipinski definition) is 1. The Morgan fingerprint density at radius 2 is 1.65 bits per heavy atom. The van der Waals surface area contributed by atoms with Gasteiger partial charge >= 0.3 is 5.97 Å². The number of esters is 1. The molecule has 178 valence electrons. The number of rotatable bonds is 9. The highest BCUT2D eigenvalue weighted by molar-refractivity contribution is 7.89. The van der Waals surface area contributed by atoms with Crippen LogP contribution in [0, 0.1) is 6.92 Å². The molecule has 0 unspecified atom stereocenters. The molecule has 3 rings (SSSR count). The third-order valence-electron chi connectivity index (χ3n) is 5.06. The number of carbonyl (C=O) groups excluding carboxylic acids is 2. The van der Waals surface area contributed by atoms with Crippen LogP contribution in [-0.4, -0.2) is 45.4 Å². The van der Waals surface area contributed by atoms with Crippen molar-refractivity contribution in [3.05, 3.63) is 89.5 Å². The second-order valence-electron chi connectivity index (χ2n) is 7.58. The number of benzene rings is 3. The van der Waals surface area contributed by atoms with Gasteiger partial charge in [0.05, 0.1) is 17.6 Å². The molecule has 3 aromatic rings. The monoisotopic (exact) mass is 482 g/mol. The quantitative estimate of drug-likeness (QED) is 0.468. The van der Waals surface area contributed by atoms with Crippen LogP contribution in [0.4, 0.5) is 5.69 Å². The van der Waals surface area contributed by atoms with Gasteiger partial charge in [-0.3, -0.25) is 4.79 Å². The largest absolute Gasteiger partial charge is 0.483 e. The van der Waals surface area contributed by atoms with Gasteiger partial charge in [0.15, 0.2) is 6.61 Å². The van der Waals surface area contributed by atoms with Gasteiger partial charge < -0.3 is 14.8 Å². The normalized spacial score (nSPS) is 11.2. The van der Waals surface area contributed by atoms with E-state index >= 15 is 0 Å². The van der Waals surface area contributed by atoms with Crippen molar-refractivity contribution in [3.63, 3.8) is 0 Å². The van der Waals surface area contributed by atoms with E-state index in [1.54, 1.807) is 19.1 Å². The van der Waals surface area contributed by atoms with E-state index in [-0.39, 0.29) is 18.0 Å². The van der Waals surface area contributed by atoms with Crippen LogP contribution >= 0.6 is 0 Å². The first-order valence-electron chi connectivity index (χ1n) is 10.4. The predicted molar refractivity (Wildman–Crippen MR) is 128 cm³/mol. The molecule has 0 radical (unpaired) electrons. The number of anilines is 1. The number of nitrogens with one attached hydrogen (secondary N) is 1. The van der Waals surface area contributed by atoms with Crippen LogP contribution in [0.3, 0.4) is 0 Å². The minimum Gasteiger partial charge on any atom is -0.483 e. The first-order chi connectivity index (χ1) is 16.2. The lowest BCUT2D eigenvalue weighted by Gasteiger charge is -2.17. The van der Waals surface area contributed by atoms with E-state index in [4.69, 9.17) is 9.47 Å². The lowest BCUT2D eigenvalue weighted by atomic mass is 10.1. The van der Waals surface area contributed by atoms with Crippen LogP contribution in [0.25, 0.3) is 0 Å². The fourth-order valence-electron chi connectivity index (χ4n) is 3.16. The molecule has 0 spiro atoms. The van der Waals surface area contributed by atoms with Gasteiger partial charge in [-0.1, -0.05) is 36.4 Å². The molecule has 0 aliphatic carbocycles. The van der Waals surface area contributed by atoms with Gasteiger partial charge in [-0.25, -0.2) is 13.2 Å². The SMILES string of the molecule is COC(=O)c1ccc(C)c(OCC(=O)Nc2ccc(S(=O)(=O)N(C)Cc3ccccc3)cc2)c1. The fourth-order valence-corrected chi connectivity index (χ4v) is 4.32. The van der Waals surface area contributed by atoms with E-state index in [1.807, 2.05) is 30.3 Å². The van der Waals surface area contributed by atoms with E-state index in [1.165, 1.54) is 48.8 Å². The molecule has 1 amide bonds. The summed E-state index contributed by atoms with van der Waals surface area (Å²) in [5, 5.41) is 2.66. The van der Waals surface area contributed by atoms with Crippen molar-refractivity contribution in [3.8, 4) is 5.75 Å². The Kier molecular flexibility index (Phi) is 8.04. The molecule has 3 aromatic carbocycles. The topological polar surface area (TPSA) is 102 Å². The van der Waals surface area contributed by atoms with E-state index in [2.05, 4.69) is 5.32 Å². The number of ether oxygens (including phenoxy) is 2.